The highest BCUT2D eigenvalue weighted by Crippen LogP contribution is 2.22. The number of nitrogens with zero attached hydrogens (tertiary/aromatic N) is 2. The summed E-state index contributed by atoms with van der Waals surface area (Å²) in [5.41, 5.74) is 9.58. The SMILES string of the molecule is CNCC(O)c1cccc(N)c1.O=C(O)c1cnc(NCCc2ccccc2)nc1-c1ccccc1. The highest BCUT2D eigenvalue weighted by molar-refractivity contribution is 5.94. The summed E-state index contributed by atoms with van der Waals surface area (Å²) < 4.78 is 0. The number of carboxylic acid groups (broad SMARTS) is 1. The van der Waals surface area contributed by atoms with E-state index in [-0.39, 0.29) is 5.56 Å². The quantitative estimate of drug-likeness (QED) is 0.225. The number of carbonyl (C=O) groups is 1. The van der Waals surface area contributed by atoms with Gasteiger partial charge < -0.3 is 26.6 Å². The minimum absolute atomic E-state index is 0.0924. The zero-order chi connectivity index (χ0) is 25.8. The molecule has 4 rings (SSSR count). The fourth-order valence-electron chi connectivity index (χ4n) is 3.48. The molecule has 0 saturated carbocycles. The molecule has 0 aliphatic heterocycles. The second-order valence-corrected chi connectivity index (χ2v) is 8.03. The van der Waals surface area contributed by atoms with Gasteiger partial charge in [0.15, 0.2) is 0 Å². The van der Waals surface area contributed by atoms with Gasteiger partial charge in [0, 0.05) is 30.5 Å². The zero-order valence-electron chi connectivity index (χ0n) is 20.1. The predicted molar refractivity (Wildman–Crippen MR) is 143 cm³/mol. The van der Waals surface area contributed by atoms with Crippen LogP contribution in [-0.4, -0.2) is 46.3 Å². The monoisotopic (exact) mass is 485 g/mol. The number of nitrogens with one attached hydrogen (secondary N) is 2. The number of nitrogen functional groups attached to an aromatic ring is 1. The average Bonchev–Trinajstić information content (AvgIpc) is 2.90. The molecule has 8 nitrogen and oxygen atoms in total. The van der Waals surface area contributed by atoms with Crippen LogP contribution in [0.15, 0.2) is 91.1 Å². The number of nitrogens with two attached hydrogens (primary N) is 1. The fraction of sp³-hybridized carbons (Fsp3) is 0.179. The molecule has 3 aromatic carbocycles. The van der Waals surface area contributed by atoms with Crippen LogP contribution in [0.25, 0.3) is 11.3 Å². The molecule has 0 amide bonds. The van der Waals surface area contributed by atoms with E-state index in [9.17, 15) is 15.0 Å². The Hall–Kier alpha value is -4.27. The van der Waals surface area contributed by atoms with Crippen LogP contribution in [0, 0.1) is 0 Å². The zero-order valence-corrected chi connectivity index (χ0v) is 20.1. The van der Waals surface area contributed by atoms with Crippen LogP contribution in [0.4, 0.5) is 11.6 Å². The molecule has 0 aliphatic carbocycles. The number of carboxylic acids is 1. The lowest BCUT2D eigenvalue weighted by Crippen LogP contribution is -2.16. The minimum atomic E-state index is -1.04. The van der Waals surface area contributed by atoms with Crippen LogP contribution in [0.3, 0.4) is 0 Å². The Morgan fingerprint density at radius 3 is 2.33 bits per heavy atom. The lowest BCUT2D eigenvalue weighted by atomic mass is 10.1. The Morgan fingerprint density at radius 1 is 1.00 bits per heavy atom. The van der Waals surface area contributed by atoms with Crippen LogP contribution in [0.5, 0.6) is 0 Å². The molecule has 0 saturated heterocycles. The van der Waals surface area contributed by atoms with E-state index in [1.54, 1.807) is 19.2 Å². The Balaban J connectivity index is 0.000000253. The molecule has 1 aromatic heterocycles. The largest absolute Gasteiger partial charge is 0.478 e. The topological polar surface area (TPSA) is 133 Å². The Morgan fingerprint density at radius 2 is 1.69 bits per heavy atom. The van der Waals surface area contributed by atoms with Crippen LogP contribution < -0.4 is 16.4 Å². The molecule has 4 aromatic rings. The molecule has 0 aliphatic rings. The van der Waals surface area contributed by atoms with E-state index in [0.717, 1.165) is 17.5 Å². The van der Waals surface area contributed by atoms with Crippen molar-refractivity contribution in [2.24, 2.45) is 0 Å². The number of aliphatic hydroxyl groups is 1. The lowest BCUT2D eigenvalue weighted by Gasteiger charge is -2.10. The first-order valence-electron chi connectivity index (χ1n) is 11.6. The van der Waals surface area contributed by atoms with E-state index in [1.165, 1.54) is 11.8 Å². The van der Waals surface area contributed by atoms with E-state index >= 15 is 0 Å². The predicted octanol–water partition coefficient (Wildman–Crippen LogP) is 4.02. The van der Waals surface area contributed by atoms with Crippen molar-refractivity contribution in [3.05, 3.63) is 108 Å². The van der Waals surface area contributed by atoms with Gasteiger partial charge in [0.25, 0.3) is 0 Å². The first kappa shape index (κ1) is 26.3. The smallest absolute Gasteiger partial charge is 0.339 e. The maximum atomic E-state index is 11.4. The molecule has 8 heteroatoms. The molecular weight excluding hydrogens is 454 g/mol. The van der Waals surface area contributed by atoms with E-state index in [0.29, 0.717) is 30.4 Å². The molecule has 186 valence electrons. The van der Waals surface area contributed by atoms with Gasteiger partial charge in [0.1, 0.15) is 5.56 Å². The highest BCUT2D eigenvalue weighted by Gasteiger charge is 2.15. The van der Waals surface area contributed by atoms with Crippen molar-refractivity contribution in [1.29, 1.82) is 0 Å². The minimum Gasteiger partial charge on any atom is -0.478 e. The number of hydrogen-bond acceptors (Lipinski definition) is 7. The van der Waals surface area contributed by atoms with Crippen molar-refractivity contribution in [1.82, 2.24) is 15.3 Å². The summed E-state index contributed by atoms with van der Waals surface area (Å²) in [6.45, 7) is 1.22. The molecule has 0 radical (unpaired) electrons. The summed E-state index contributed by atoms with van der Waals surface area (Å²) in [4.78, 5) is 19.9. The van der Waals surface area contributed by atoms with Crippen molar-refractivity contribution in [3.63, 3.8) is 0 Å². The van der Waals surface area contributed by atoms with Crippen LogP contribution in [0.1, 0.15) is 27.6 Å². The van der Waals surface area contributed by atoms with Gasteiger partial charge in [-0.15, -0.1) is 0 Å². The maximum absolute atomic E-state index is 11.4. The second kappa shape index (κ2) is 13.6. The molecule has 6 N–H and O–H groups in total. The van der Waals surface area contributed by atoms with Crippen LogP contribution in [-0.2, 0) is 6.42 Å². The van der Waals surface area contributed by atoms with Gasteiger partial charge in [-0.05, 0) is 36.7 Å². The third kappa shape index (κ3) is 7.90. The summed E-state index contributed by atoms with van der Waals surface area (Å²) in [7, 11) is 1.80. The van der Waals surface area contributed by atoms with Gasteiger partial charge in [-0.1, -0.05) is 72.8 Å². The number of aliphatic hydroxyl groups excluding tert-OH is 1. The first-order chi connectivity index (χ1) is 17.5. The Kier molecular flexibility index (Phi) is 9.93. The van der Waals surface area contributed by atoms with E-state index in [4.69, 9.17) is 5.73 Å². The summed E-state index contributed by atoms with van der Waals surface area (Å²) in [5.74, 6) is -0.612. The van der Waals surface area contributed by atoms with Gasteiger partial charge in [-0.25, -0.2) is 14.8 Å². The van der Waals surface area contributed by atoms with Crippen molar-refractivity contribution < 1.29 is 15.0 Å². The fourth-order valence-corrected chi connectivity index (χ4v) is 3.48. The lowest BCUT2D eigenvalue weighted by molar-refractivity contribution is 0.0697. The van der Waals surface area contributed by atoms with E-state index in [1.807, 2.05) is 60.7 Å². The summed E-state index contributed by atoms with van der Waals surface area (Å²) in [5, 5.41) is 24.9. The van der Waals surface area contributed by atoms with Gasteiger partial charge in [0.05, 0.1) is 11.8 Å². The number of likely N-dealkylation sites (N-methyl/N-ethyl adjacent to an activating group) is 1. The average molecular weight is 486 g/mol. The summed E-state index contributed by atoms with van der Waals surface area (Å²) in [6, 6.07) is 26.6. The van der Waals surface area contributed by atoms with Crippen molar-refractivity contribution >= 4 is 17.6 Å². The first-order valence-corrected chi connectivity index (χ1v) is 11.6. The molecule has 0 bridgehead atoms. The molecule has 0 fully saturated rings. The normalized spacial score (nSPS) is 11.2. The van der Waals surface area contributed by atoms with Gasteiger partial charge in [-0.3, -0.25) is 0 Å². The second-order valence-electron chi connectivity index (χ2n) is 8.03. The van der Waals surface area contributed by atoms with Crippen molar-refractivity contribution in [2.45, 2.75) is 12.5 Å². The number of aromatic carboxylic acids is 1. The molecule has 0 spiro atoms. The molecular formula is C28H31N5O3. The van der Waals surface area contributed by atoms with Crippen molar-refractivity contribution in [2.75, 3.05) is 31.2 Å². The molecule has 1 unspecified atom stereocenters. The standard InChI is InChI=1S/C19H17N3O2.C9H14N2O/c23-18(24)16-13-21-19(20-12-11-14-7-3-1-4-8-14)22-17(16)15-9-5-2-6-10-15;1-11-6-9(12)7-3-2-4-8(10)5-7/h1-10,13H,11-12H2,(H,23,24)(H,20,21,22);2-5,9,11-12H,6,10H2,1H3. The maximum Gasteiger partial charge on any atom is 0.339 e. The molecule has 1 atom stereocenters. The van der Waals surface area contributed by atoms with Gasteiger partial charge in [-0.2, -0.15) is 0 Å². The molecule has 1 heterocycles. The number of benzene rings is 3. The molecule has 36 heavy (non-hydrogen) atoms. The Labute approximate surface area is 210 Å². The third-order valence-electron chi connectivity index (χ3n) is 5.30. The highest BCUT2D eigenvalue weighted by atomic mass is 16.4. The van der Waals surface area contributed by atoms with Crippen LogP contribution in [0.2, 0.25) is 0 Å². The van der Waals surface area contributed by atoms with E-state index < -0.39 is 12.1 Å². The number of rotatable bonds is 9. The van der Waals surface area contributed by atoms with Crippen molar-refractivity contribution in [3.8, 4) is 11.3 Å². The van der Waals surface area contributed by atoms with E-state index in [2.05, 4.69) is 32.7 Å². The Bertz CT molecular complexity index is 1240. The number of hydrogen-bond donors (Lipinski definition) is 5. The van der Waals surface area contributed by atoms with Gasteiger partial charge >= 0.3 is 5.97 Å². The number of aromatic nitrogens is 2. The summed E-state index contributed by atoms with van der Waals surface area (Å²) in [6.07, 6.45) is 1.71. The summed E-state index contributed by atoms with van der Waals surface area (Å²) >= 11 is 0. The number of anilines is 2. The van der Waals surface area contributed by atoms with Gasteiger partial charge in [0.2, 0.25) is 5.95 Å². The van der Waals surface area contributed by atoms with Crippen LogP contribution >= 0.6 is 0 Å². The third-order valence-corrected chi connectivity index (χ3v) is 5.30.